The van der Waals surface area contributed by atoms with Gasteiger partial charge in [-0.05, 0) is 17.7 Å². The normalized spacial score (nSPS) is 11.2. The average Bonchev–Trinajstić information content (AvgIpc) is 2.91. The molecular formula is C18H13NO2. The number of nitrogens with zero attached hydrogens (tertiary/aromatic N) is 1. The largest absolute Gasteiger partial charge is 0.618 e. The molecule has 0 aliphatic carbocycles. The summed E-state index contributed by atoms with van der Waals surface area (Å²) in [5, 5.41) is 13.9. The molecule has 0 amide bonds. The van der Waals surface area contributed by atoms with Crippen molar-refractivity contribution in [2.24, 2.45) is 0 Å². The molecule has 2 heterocycles. The first kappa shape index (κ1) is 12.0. The lowest BCUT2D eigenvalue weighted by Gasteiger charge is -2.00. The molecule has 3 heteroatoms. The highest BCUT2D eigenvalue weighted by Crippen LogP contribution is 2.26. The first-order valence-electron chi connectivity index (χ1n) is 6.88. The van der Waals surface area contributed by atoms with Crippen LogP contribution in [-0.2, 0) is 6.42 Å². The van der Waals surface area contributed by atoms with Crippen molar-refractivity contribution < 1.29 is 9.15 Å². The minimum absolute atomic E-state index is 0.634. The van der Waals surface area contributed by atoms with E-state index in [0.717, 1.165) is 27.7 Å². The number of para-hydroxylation sites is 1. The molecule has 0 radical (unpaired) electrons. The Morgan fingerprint density at radius 3 is 2.52 bits per heavy atom. The molecule has 2 aromatic carbocycles. The van der Waals surface area contributed by atoms with Crippen molar-refractivity contribution in [3.63, 3.8) is 0 Å². The summed E-state index contributed by atoms with van der Waals surface area (Å²) in [7, 11) is 0. The van der Waals surface area contributed by atoms with E-state index in [4.69, 9.17) is 4.42 Å². The number of benzene rings is 2. The fourth-order valence-electron chi connectivity index (χ4n) is 2.72. The molecule has 0 saturated heterocycles. The minimum Gasteiger partial charge on any atom is -0.618 e. The van der Waals surface area contributed by atoms with Gasteiger partial charge in [-0.2, -0.15) is 4.73 Å². The van der Waals surface area contributed by atoms with Gasteiger partial charge >= 0.3 is 0 Å². The molecule has 0 saturated carbocycles. The third kappa shape index (κ3) is 2.03. The Hall–Kier alpha value is -2.81. The molecule has 2 aromatic heterocycles. The van der Waals surface area contributed by atoms with Gasteiger partial charge in [0.1, 0.15) is 5.76 Å². The number of furan rings is 1. The van der Waals surface area contributed by atoms with E-state index < -0.39 is 0 Å². The van der Waals surface area contributed by atoms with Crippen molar-refractivity contribution in [1.82, 2.24) is 0 Å². The van der Waals surface area contributed by atoms with Crippen molar-refractivity contribution in [2.45, 2.75) is 6.42 Å². The molecule has 3 nitrogen and oxygen atoms in total. The van der Waals surface area contributed by atoms with Crippen LogP contribution in [0.15, 0.2) is 71.3 Å². The Bertz CT molecular complexity index is 926. The molecule has 0 atom stereocenters. The maximum Gasteiger partial charge on any atom is 0.224 e. The molecule has 4 aromatic rings. The van der Waals surface area contributed by atoms with Crippen LogP contribution in [0.25, 0.3) is 21.9 Å². The molecule has 0 unspecified atom stereocenters. The van der Waals surface area contributed by atoms with Crippen LogP contribution in [0.1, 0.15) is 11.3 Å². The van der Waals surface area contributed by atoms with Crippen LogP contribution < -0.4 is 4.73 Å². The minimum atomic E-state index is 0.634. The maximum absolute atomic E-state index is 12.0. The number of hydrogen-bond donors (Lipinski definition) is 0. The van der Waals surface area contributed by atoms with Crippen LogP contribution in [0, 0.1) is 5.21 Å². The van der Waals surface area contributed by atoms with E-state index in [0.29, 0.717) is 11.1 Å². The monoisotopic (exact) mass is 275 g/mol. The van der Waals surface area contributed by atoms with Gasteiger partial charge in [-0.1, -0.05) is 42.5 Å². The van der Waals surface area contributed by atoms with E-state index in [1.54, 1.807) is 0 Å². The van der Waals surface area contributed by atoms with Crippen molar-refractivity contribution in [2.75, 3.05) is 0 Å². The Kier molecular flexibility index (Phi) is 2.64. The summed E-state index contributed by atoms with van der Waals surface area (Å²) in [4.78, 5) is 0. The van der Waals surface area contributed by atoms with Crippen molar-refractivity contribution in [3.05, 3.63) is 83.4 Å². The van der Waals surface area contributed by atoms with Gasteiger partial charge in [0.15, 0.2) is 5.58 Å². The molecule has 21 heavy (non-hydrogen) atoms. The van der Waals surface area contributed by atoms with Crippen molar-refractivity contribution in [3.8, 4) is 0 Å². The smallest absolute Gasteiger partial charge is 0.224 e. The van der Waals surface area contributed by atoms with E-state index in [-0.39, 0.29) is 0 Å². The number of aromatic nitrogens is 1. The second kappa shape index (κ2) is 4.63. The summed E-state index contributed by atoms with van der Waals surface area (Å²) in [5.74, 6) is 0.868. The number of fused-ring (bicyclic) bond motifs is 3. The molecule has 0 N–H and O–H groups in total. The fourth-order valence-corrected chi connectivity index (χ4v) is 2.72. The highest BCUT2D eigenvalue weighted by Gasteiger charge is 2.13. The zero-order valence-corrected chi connectivity index (χ0v) is 11.3. The first-order chi connectivity index (χ1) is 10.3. The average molecular weight is 275 g/mol. The van der Waals surface area contributed by atoms with Crippen LogP contribution in [0.2, 0.25) is 0 Å². The Morgan fingerprint density at radius 1 is 0.905 bits per heavy atom. The highest BCUT2D eigenvalue weighted by atomic mass is 16.5. The standard InChI is InChI=1S/C18H13NO2/c20-19-12-18-16(15-8-4-5-9-17(15)19)11-14(21-18)10-13-6-2-1-3-7-13/h1-9,11-12H,10H2. The van der Waals surface area contributed by atoms with Gasteiger partial charge in [0.2, 0.25) is 11.7 Å². The SMILES string of the molecule is [O-][n+]1cc2oc(Cc3ccccc3)cc2c2ccccc21. The Balaban J connectivity index is 1.88. The van der Waals surface area contributed by atoms with Gasteiger partial charge in [0.05, 0.1) is 5.39 Å². The van der Waals surface area contributed by atoms with E-state index in [9.17, 15) is 5.21 Å². The quantitative estimate of drug-likeness (QED) is 0.412. The highest BCUT2D eigenvalue weighted by molar-refractivity contribution is 6.02. The van der Waals surface area contributed by atoms with E-state index in [1.165, 1.54) is 11.8 Å². The molecule has 0 aliphatic heterocycles. The van der Waals surface area contributed by atoms with Gasteiger partial charge < -0.3 is 9.62 Å². The molecule has 0 fully saturated rings. The summed E-state index contributed by atoms with van der Waals surface area (Å²) in [6.45, 7) is 0. The fraction of sp³-hybridized carbons (Fsp3) is 0.0556. The second-order valence-electron chi connectivity index (χ2n) is 5.13. The lowest BCUT2D eigenvalue weighted by atomic mass is 10.1. The summed E-state index contributed by atoms with van der Waals surface area (Å²) in [6.07, 6.45) is 2.23. The summed E-state index contributed by atoms with van der Waals surface area (Å²) >= 11 is 0. The predicted molar refractivity (Wildman–Crippen MR) is 81.9 cm³/mol. The van der Waals surface area contributed by atoms with E-state index in [2.05, 4.69) is 12.1 Å². The van der Waals surface area contributed by atoms with Gasteiger partial charge in [-0.25, -0.2) is 0 Å². The van der Waals surface area contributed by atoms with Gasteiger partial charge in [0, 0.05) is 17.9 Å². The van der Waals surface area contributed by atoms with Gasteiger partial charge in [-0.3, -0.25) is 0 Å². The number of rotatable bonds is 2. The topological polar surface area (TPSA) is 40.1 Å². The molecule has 0 aliphatic rings. The molecule has 4 rings (SSSR count). The maximum atomic E-state index is 12.0. The Labute approximate surface area is 121 Å². The van der Waals surface area contributed by atoms with E-state index in [1.807, 2.05) is 48.5 Å². The third-order valence-corrected chi connectivity index (χ3v) is 3.70. The van der Waals surface area contributed by atoms with Gasteiger partial charge in [-0.15, -0.1) is 0 Å². The predicted octanol–water partition coefficient (Wildman–Crippen LogP) is 3.81. The number of hydrogen-bond acceptors (Lipinski definition) is 2. The van der Waals surface area contributed by atoms with Crippen molar-refractivity contribution in [1.29, 1.82) is 0 Å². The molecule has 102 valence electrons. The summed E-state index contributed by atoms with van der Waals surface area (Å²) in [5.41, 5.74) is 2.49. The van der Waals surface area contributed by atoms with Crippen LogP contribution in [0.3, 0.4) is 0 Å². The lowest BCUT2D eigenvalue weighted by Crippen LogP contribution is -2.25. The first-order valence-corrected chi connectivity index (χ1v) is 6.88. The van der Waals surface area contributed by atoms with Gasteiger partial charge in [0.25, 0.3) is 0 Å². The van der Waals surface area contributed by atoms with Crippen molar-refractivity contribution >= 4 is 21.9 Å². The molecule has 0 spiro atoms. The second-order valence-corrected chi connectivity index (χ2v) is 5.13. The zero-order valence-electron chi connectivity index (χ0n) is 11.3. The number of pyridine rings is 1. The lowest BCUT2D eigenvalue weighted by molar-refractivity contribution is -0.575. The van der Waals surface area contributed by atoms with Crippen LogP contribution in [0.5, 0.6) is 0 Å². The summed E-state index contributed by atoms with van der Waals surface area (Å²) < 4.78 is 6.71. The van der Waals surface area contributed by atoms with E-state index >= 15 is 0 Å². The summed E-state index contributed by atoms with van der Waals surface area (Å²) in [6, 6.07) is 19.8. The Morgan fingerprint density at radius 2 is 1.67 bits per heavy atom. The molecular weight excluding hydrogens is 262 g/mol. The molecule has 0 bridgehead atoms. The van der Waals surface area contributed by atoms with Crippen LogP contribution in [0.4, 0.5) is 0 Å². The third-order valence-electron chi connectivity index (χ3n) is 3.70. The van der Waals surface area contributed by atoms with Crippen LogP contribution >= 0.6 is 0 Å². The zero-order chi connectivity index (χ0) is 14.2. The van der Waals surface area contributed by atoms with Crippen LogP contribution in [-0.4, -0.2) is 0 Å².